The van der Waals surface area contributed by atoms with Crippen LogP contribution in [0.4, 0.5) is 10.1 Å². The van der Waals surface area contributed by atoms with E-state index < -0.39 is 17.8 Å². The number of halogens is 1. The Hall–Kier alpha value is -4.44. The van der Waals surface area contributed by atoms with Gasteiger partial charge >= 0.3 is 5.97 Å². The SMILES string of the molecule is CC(Nc1c(C#N)c(-c2ccc(-c3ccc(OCC4CC4)cc3)cc2)nc2ccc(F)cc12)C(=O)O. The first-order valence-electron chi connectivity index (χ1n) is 11.8. The summed E-state index contributed by atoms with van der Waals surface area (Å²) in [5.41, 5.74) is 3.97. The lowest BCUT2D eigenvalue weighted by Crippen LogP contribution is -2.26. The van der Waals surface area contributed by atoms with E-state index in [-0.39, 0.29) is 11.3 Å². The van der Waals surface area contributed by atoms with Gasteiger partial charge in [0, 0.05) is 10.9 Å². The minimum atomic E-state index is -1.09. The Labute approximate surface area is 208 Å². The summed E-state index contributed by atoms with van der Waals surface area (Å²) in [6, 6.07) is 20.8. The van der Waals surface area contributed by atoms with Gasteiger partial charge in [-0.1, -0.05) is 36.4 Å². The van der Waals surface area contributed by atoms with Crippen LogP contribution in [0.3, 0.4) is 0 Å². The molecule has 0 amide bonds. The molecule has 1 unspecified atom stereocenters. The van der Waals surface area contributed by atoms with Crippen LogP contribution in [0.5, 0.6) is 5.75 Å². The van der Waals surface area contributed by atoms with Crippen LogP contribution >= 0.6 is 0 Å². The number of carboxylic acid groups (broad SMARTS) is 1. The van der Waals surface area contributed by atoms with E-state index in [0.717, 1.165) is 23.5 Å². The molecule has 36 heavy (non-hydrogen) atoms. The summed E-state index contributed by atoms with van der Waals surface area (Å²) in [6.07, 6.45) is 2.49. The van der Waals surface area contributed by atoms with Gasteiger partial charge in [-0.05, 0) is 67.1 Å². The van der Waals surface area contributed by atoms with Gasteiger partial charge < -0.3 is 15.2 Å². The smallest absolute Gasteiger partial charge is 0.325 e. The van der Waals surface area contributed by atoms with E-state index in [1.54, 1.807) is 0 Å². The summed E-state index contributed by atoms with van der Waals surface area (Å²) in [7, 11) is 0. The molecule has 3 aromatic carbocycles. The normalized spacial score (nSPS) is 13.7. The molecule has 1 saturated carbocycles. The second-order valence-electron chi connectivity index (χ2n) is 9.04. The first-order valence-corrected chi connectivity index (χ1v) is 11.8. The number of rotatable bonds is 8. The summed E-state index contributed by atoms with van der Waals surface area (Å²) in [5.74, 6) is -0.0370. The molecule has 1 aromatic heterocycles. The van der Waals surface area contributed by atoms with Crippen molar-refractivity contribution in [2.24, 2.45) is 5.92 Å². The average molecular weight is 482 g/mol. The molecule has 4 aromatic rings. The minimum Gasteiger partial charge on any atom is -0.493 e. The van der Waals surface area contributed by atoms with Crippen LogP contribution < -0.4 is 10.1 Å². The van der Waals surface area contributed by atoms with Crippen molar-refractivity contribution in [3.05, 3.63) is 78.1 Å². The number of hydrogen-bond donors (Lipinski definition) is 2. The quantitative estimate of drug-likeness (QED) is 0.309. The van der Waals surface area contributed by atoms with Crippen LogP contribution in [0.2, 0.25) is 0 Å². The number of aromatic nitrogens is 1. The van der Waals surface area contributed by atoms with Crippen molar-refractivity contribution < 1.29 is 19.0 Å². The highest BCUT2D eigenvalue weighted by Crippen LogP contribution is 2.35. The molecule has 0 aliphatic heterocycles. The maximum Gasteiger partial charge on any atom is 0.325 e. The maximum atomic E-state index is 14.0. The predicted octanol–water partition coefficient (Wildman–Crippen LogP) is 6.25. The molecule has 1 fully saturated rings. The monoisotopic (exact) mass is 481 g/mol. The van der Waals surface area contributed by atoms with Crippen LogP contribution in [0.1, 0.15) is 25.3 Å². The number of fused-ring (bicyclic) bond motifs is 1. The molecule has 1 aliphatic rings. The highest BCUT2D eigenvalue weighted by molar-refractivity contribution is 5.99. The van der Waals surface area contributed by atoms with Crippen LogP contribution in [-0.4, -0.2) is 28.7 Å². The van der Waals surface area contributed by atoms with Crippen molar-refractivity contribution in [2.75, 3.05) is 11.9 Å². The second kappa shape index (κ2) is 9.67. The number of aliphatic carboxylic acids is 1. The lowest BCUT2D eigenvalue weighted by molar-refractivity contribution is -0.137. The molecule has 1 heterocycles. The van der Waals surface area contributed by atoms with Crippen LogP contribution in [0, 0.1) is 23.1 Å². The first-order chi connectivity index (χ1) is 17.4. The molecule has 0 bridgehead atoms. The molecule has 7 heteroatoms. The average Bonchev–Trinajstić information content (AvgIpc) is 3.72. The number of pyridine rings is 1. The highest BCUT2D eigenvalue weighted by Gasteiger charge is 2.22. The zero-order valence-corrected chi connectivity index (χ0v) is 19.7. The van der Waals surface area contributed by atoms with E-state index in [1.807, 2.05) is 48.5 Å². The number of carboxylic acids is 1. The topological polar surface area (TPSA) is 95.2 Å². The van der Waals surface area contributed by atoms with Gasteiger partial charge in [0.25, 0.3) is 0 Å². The molecular formula is C29H24FN3O3. The zero-order valence-electron chi connectivity index (χ0n) is 19.7. The maximum absolute atomic E-state index is 14.0. The number of nitrogens with one attached hydrogen (secondary N) is 1. The fourth-order valence-corrected chi connectivity index (χ4v) is 4.04. The van der Waals surface area contributed by atoms with E-state index >= 15 is 0 Å². The Bertz CT molecular complexity index is 1470. The number of ether oxygens (including phenoxy) is 1. The Kier molecular flexibility index (Phi) is 6.26. The Morgan fingerprint density at radius 2 is 1.75 bits per heavy atom. The number of hydrogen-bond acceptors (Lipinski definition) is 5. The van der Waals surface area contributed by atoms with Gasteiger partial charge in [0.1, 0.15) is 29.2 Å². The lowest BCUT2D eigenvalue weighted by atomic mass is 9.98. The number of carbonyl (C=O) groups is 1. The number of anilines is 1. The minimum absolute atomic E-state index is 0.158. The predicted molar refractivity (Wildman–Crippen MR) is 136 cm³/mol. The third-order valence-electron chi connectivity index (χ3n) is 6.32. The fourth-order valence-electron chi connectivity index (χ4n) is 4.04. The van der Waals surface area contributed by atoms with Crippen molar-refractivity contribution in [1.82, 2.24) is 4.98 Å². The number of nitrogens with zero attached hydrogens (tertiary/aromatic N) is 2. The largest absolute Gasteiger partial charge is 0.493 e. The molecule has 5 rings (SSSR count). The van der Waals surface area contributed by atoms with E-state index in [4.69, 9.17) is 4.74 Å². The van der Waals surface area contributed by atoms with Gasteiger partial charge in [0.05, 0.1) is 23.5 Å². The van der Waals surface area contributed by atoms with Crippen molar-refractivity contribution in [2.45, 2.75) is 25.8 Å². The summed E-state index contributed by atoms with van der Waals surface area (Å²) in [5, 5.41) is 22.6. The standard InChI is InChI=1S/C29H24FN3O3/c1-17(29(34)35)32-28-24-14-22(30)10-13-26(24)33-27(25(28)15-31)21-6-4-19(5-7-21)20-8-11-23(12-9-20)36-16-18-2-3-18/h4-14,17-18H,2-3,16H2,1H3,(H,32,33)(H,34,35). The number of benzene rings is 3. The first kappa shape index (κ1) is 23.3. The van der Waals surface area contributed by atoms with E-state index in [0.29, 0.717) is 28.1 Å². The Morgan fingerprint density at radius 3 is 2.36 bits per heavy atom. The molecule has 0 radical (unpaired) electrons. The molecule has 180 valence electrons. The van der Waals surface area contributed by atoms with Gasteiger partial charge in [-0.25, -0.2) is 9.37 Å². The van der Waals surface area contributed by atoms with Gasteiger partial charge in [-0.15, -0.1) is 0 Å². The molecule has 1 atom stereocenters. The molecule has 0 saturated heterocycles. The summed E-state index contributed by atoms with van der Waals surface area (Å²) < 4.78 is 19.8. The molecular weight excluding hydrogens is 457 g/mol. The van der Waals surface area contributed by atoms with Gasteiger partial charge in [-0.3, -0.25) is 4.79 Å². The van der Waals surface area contributed by atoms with Crippen LogP contribution in [0.25, 0.3) is 33.3 Å². The van der Waals surface area contributed by atoms with Crippen LogP contribution in [-0.2, 0) is 4.79 Å². The summed E-state index contributed by atoms with van der Waals surface area (Å²) in [4.78, 5) is 16.1. The Balaban J connectivity index is 1.50. The fraction of sp³-hybridized carbons (Fsp3) is 0.207. The van der Waals surface area contributed by atoms with E-state index in [9.17, 15) is 19.6 Å². The van der Waals surface area contributed by atoms with E-state index in [2.05, 4.69) is 16.4 Å². The van der Waals surface area contributed by atoms with Gasteiger partial charge in [-0.2, -0.15) is 5.26 Å². The zero-order chi connectivity index (χ0) is 25.2. The van der Waals surface area contributed by atoms with Crippen molar-refractivity contribution in [3.8, 4) is 34.2 Å². The van der Waals surface area contributed by atoms with Crippen LogP contribution in [0.15, 0.2) is 66.7 Å². The Morgan fingerprint density at radius 1 is 1.11 bits per heavy atom. The summed E-state index contributed by atoms with van der Waals surface area (Å²) >= 11 is 0. The molecule has 6 nitrogen and oxygen atoms in total. The van der Waals surface area contributed by atoms with Gasteiger partial charge in [0.15, 0.2) is 0 Å². The highest BCUT2D eigenvalue weighted by atomic mass is 19.1. The molecule has 1 aliphatic carbocycles. The third kappa shape index (κ3) is 4.84. The van der Waals surface area contributed by atoms with E-state index in [1.165, 1.54) is 38.0 Å². The lowest BCUT2D eigenvalue weighted by Gasteiger charge is -2.17. The van der Waals surface area contributed by atoms with Crippen molar-refractivity contribution >= 4 is 22.6 Å². The van der Waals surface area contributed by atoms with Crippen molar-refractivity contribution in [1.29, 1.82) is 5.26 Å². The third-order valence-corrected chi connectivity index (χ3v) is 6.32. The number of nitriles is 1. The van der Waals surface area contributed by atoms with Crippen molar-refractivity contribution in [3.63, 3.8) is 0 Å². The summed E-state index contributed by atoms with van der Waals surface area (Å²) in [6.45, 7) is 2.23. The second-order valence-corrected chi connectivity index (χ2v) is 9.04. The molecule has 0 spiro atoms. The van der Waals surface area contributed by atoms with Gasteiger partial charge in [0.2, 0.25) is 0 Å². The molecule has 2 N–H and O–H groups in total.